The fraction of sp³-hybridized carbons (Fsp3) is 0.789. The molecule has 0 saturated heterocycles. The van der Waals surface area contributed by atoms with Gasteiger partial charge in [-0.2, -0.15) is 0 Å². The summed E-state index contributed by atoms with van der Waals surface area (Å²) >= 11 is 0. The molecule has 0 heterocycles. The third-order valence-corrected chi connectivity index (χ3v) is 4.29. The molecule has 0 aliphatic heterocycles. The van der Waals surface area contributed by atoms with E-state index in [0.717, 1.165) is 0 Å². The molecule has 0 radical (unpaired) electrons. The van der Waals surface area contributed by atoms with Crippen LogP contribution in [0.5, 0.6) is 0 Å². The summed E-state index contributed by atoms with van der Waals surface area (Å²) in [4.78, 5) is 48.3. The number of carboxylic acid groups (broad SMARTS) is 1. The molecule has 162 valence electrons. The van der Waals surface area contributed by atoms with Crippen molar-refractivity contribution in [2.75, 3.05) is 0 Å². The van der Waals surface area contributed by atoms with Crippen molar-refractivity contribution in [3.8, 4) is 0 Å². The number of hydrogen-bond donors (Lipinski definition) is 5. The summed E-state index contributed by atoms with van der Waals surface area (Å²) in [7, 11) is 0. The molecule has 0 aliphatic carbocycles. The van der Waals surface area contributed by atoms with E-state index in [9.17, 15) is 19.2 Å². The lowest BCUT2D eigenvalue weighted by Gasteiger charge is -2.26. The molecule has 9 nitrogen and oxygen atoms in total. The second-order valence-corrected chi connectivity index (χ2v) is 8.27. The number of rotatable bonds is 11. The molecule has 3 amide bonds. The van der Waals surface area contributed by atoms with E-state index in [1.54, 1.807) is 27.7 Å². The first-order valence-electron chi connectivity index (χ1n) is 9.67. The highest BCUT2D eigenvalue weighted by Gasteiger charge is 2.30. The summed E-state index contributed by atoms with van der Waals surface area (Å²) in [6.07, 6.45) is 0.489. The van der Waals surface area contributed by atoms with Gasteiger partial charge in [-0.1, -0.05) is 41.5 Å². The van der Waals surface area contributed by atoms with Crippen LogP contribution in [0.3, 0.4) is 0 Å². The summed E-state index contributed by atoms with van der Waals surface area (Å²) in [6.45, 7) is 12.2. The van der Waals surface area contributed by atoms with E-state index in [1.807, 2.05) is 13.8 Å². The fourth-order valence-electron chi connectivity index (χ4n) is 2.57. The lowest BCUT2D eigenvalue weighted by atomic mass is 10.00. The Labute approximate surface area is 167 Å². The summed E-state index contributed by atoms with van der Waals surface area (Å²) in [6, 6.07) is -3.60. The third-order valence-electron chi connectivity index (χ3n) is 4.29. The van der Waals surface area contributed by atoms with E-state index in [2.05, 4.69) is 16.0 Å². The van der Waals surface area contributed by atoms with Crippen LogP contribution in [0.15, 0.2) is 0 Å². The average molecular weight is 401 g/mol. The summed E-state index contributed by atoms with van der Waals surface area (Å²) in [5, 5.41) is 16.7. The highest BCUT2D eigenvalue weighted by Crippen LogP contribution is 2.07. The van der Waals surface area contributed by atoms with Crippen LogP contribution < -0.4 is 21.7 Å². The standard InChI is InChI=1S/C19H36N4O5/c1-9(2)8-13(20)17(25)22-14(10(3)4)18(26)21-12(7)16(24)23-15(11(5)6)19(27)28/h9-15H,8,20H2,1-7H3,(H,21,26)(H,22,25)(H,23,24)(H,27,28). The van der Waals surface area contributed by atoms with Crippen molar-refractivity contribution in [1.82, 2.24) is 16.0 Å². The quantitative estimate of drug-likeness (QED) is 0.335. The Bertz CT molecular complexity index is 563. The molecule has 4 atom stereocenters. The van der Waals surface area contributed by atoms with E-state index >= 15 is 0 Å². The Morgan fingerprint density at radius 2 is 1.21 bits per heavy atom. The lowest BCUT2D eigenvalue weighted by molar-refractivity contribution is -0.143. The molecule has 0 aromatic carbocycles. The molecule has 0 aromatic heterocycles. The zero-order chi connectivity index (χ0) is 22.2. The Balaban J connectivity index is 4.98. The predicted molar refractivity (Wildman–Crippen MR) is 106 cm³/mol. The number of carbonyl (C=O) groups is 4. The Morgan fingerprint density at radius 1 is 0.750 bits per heavy atom. The topological polar surface area (TPSA) is 151 Å². The Morgan fingerprint density at radius 3 is 1.61 bits per heavy atom. The zero-order valence-corrected chi connectivity index (χ0v) is 17.9. The van der Waals surface area contributed by atoms with Gasteiger partial charge in [0.25, 0.3) is 0 Å². The molecular formula is C19H36N4O5. The van der Waals surface area contributed by atoms with Crippen LogP contribution >= 0.6 is 0 Å². The molecule has 6 N–H and O–H groups in total. The van der Waals surface area contributed by atoms with Crippen LogP contribution in [0, 0.1) is 17.8 Å². The smallest absolute Gasteiger partial charge is 0.326 e. The van der Waals surface area contributed by atoms with Crippen LogP contribution in [0.2, 0.25) is 0 Å². The van der Waals surface area contributed by atoms with Gasteiger partial charge in [0, 0.05) is 0 Å². The van der Waals surface area contributed by atoms with Gasteiger partial charge >= 0.3 is 5.97 Å². The third kappa shape index (κ3) is 8.69. The molecule has 0 bridgehead atoms. The monoisotopic (exact) mass is 400 g/mol. The maximum atomic E-state index is 12.6. The Kier molecular flexibility index (Phi) is 10.7. The van der Waals surface area contributed by atoms with Crippen LogP contribution in [0.25, 0.3) is 0 Å². The molecule has 0 saturated carbocycles. The van der Waals surface area contributed by atoms with Crippen molar-refractivity contribution >= 4 is 23.7 Å². The molecule has 4 unspecified atom stereocenters. The van der Waals surface area contributed by atoms with Crippen molar-refractivity contribution in [1.29, 1.82) is 0 Å². The zero-order valence-electron chi connectivity index (χ0n) is 17.9. The highest BCUT2D eigenvalue weighted by molar-refractivity contribution is 5.94. The van der Waals surface area contributed by atoms with Crippen molar-refractivity contribution in [2.24, 2.45) is 23.5 Å². The van der Waals surface area contributed by atoms with Gasteiger partial charge in [-0.3, -0.25) is 14.4 Å². The van der Waals surface area contributed by atoms with Gasteiger partial charge < -0.3 is 26.8 Å². The van der Waals surface area contributed by atoms with Gasteiger partial charge in [-0.05, 0) is 31.1 Å². The maximum absolute atomic E-state index is 12.6. The number of nitrogens with two attached hydrogens (primary N) is 1. The minimum Gasteiger partial charge on any atom is -0.480 e. The van der Waals surface area contributed by atoms with Crippen LogP contribution in [0.1, 0.15) is 54.9 Å². The fourth-order valence-corrected chi connectivity index (χ4v) is 2.57. The molecular weight excluding hydrogens is 364 g/mol. The molecule has 9 heteroatoms. The van der Waals surface area contributed by atoms with Gasteiger partial charge in [0.05, 0.1) is 6.04 Å². The van der Waals surface area contributed by atoms with Crippen LogP contribution in [-0.2, 0) is 19.2 Å². The van der Waals surface area contributed by atoms with E-state index < -0.39 is 47.9 Å². The van der Waals surface area contributed by atoms with E-state index in [0.29, 0.717) is 6.42 Å². The number of amides is 3. The lowest BCUT2D eigenvalue weighted by Crippen LogP contribution is -2.58. The largest absolute Gasteiger partial charge is 0.480 e. The number of nitrogens with one attached hydrogen (secondary N) is 3. The first-order valence-corrected chi connectivity index (χ1v) is 9.67. The summed E-state index contributed by atoms with van der Waals surface area (Å²) in [5.41, 5.74) is 5.86. The average Bonchev–Trinajstić information content (AvgIpc) is 2.54. The van der Waals surface area contributed by atoms with Gasteiger partial charge in [0.2, 0.25) is 17.7 Å². The highest BCUT2D eigenvalue weighted by atomic mass is 16.4. The van der Waals surface area contributed by atoms with Crippen molar-refractivity contribution < 1.29 is 24.3 Å². The predicted octanol–water partition coefficient (Wildman–Crippen LogP) is 0.231. The number of hydrogen-bond acceptors (Lipinski definition) is 5. The van der Waals surface area contributed by atoms with E-state index in [4.69, 9.17) is 10.8 Å². The second kappa shape index (κ2) is 11.6. The molecule has 0 aliphatic rings. The number of carboxylic acids is 1. The van der Waals surface area contributed by atoms with Gasteiger partial charge in [-0.15, -0.1) is 0 Å². The minimum atomic E-state index is -1.15. The van der Waals surface area contributed by atoms with Crippen molar-refractivity contribution in [3.63, 3.8) is 0 Å². The maximum Gasteiger partial charge on any atom is 0.326 e. The Hall–Kier alpha value is -2.16. The molecule has 0 spiro atoms. The van der Waals surface area contributed by atoms with Crippen LogP contribution in [-0.4, -0.2) is 53.0 Å². The second-order valence-electron chi connectivity index (χ2n) is 8.27. The normalized spacial score (nSPS) is 15.7. The van der Waals surface area contributed by atoms with Gasteiger partial charge in [-0.25, -0.2) is 4.79 Å². The van der Waals surface area contributed by atoms with Crippen molar-refractivity contribution in [2.45, 2.75) is 79.1 Å². The first kappa shape index (κ1) is 25.8. The molecule has 0 rings (SSSR count). The van der Waals surface area contributed by atoms with Crippen molar-refractivity contribution in [3.05, 3.63) is 0 Å². The first-order chi connectivity index (χ1) is 12.8. The van der Waals surface area contributed by atoms with Gasteiger partial charge in [0.15, 0.2) is 0 Å². The SMILES string of the molecule is CC(C)CC(N)C(=O)NC(C(=O)NC(C)C(=O)NC(C(=O)O)C(C)C)C(C)C. The molecule has 0 aromatic rings. The summed E-state index contributed by atoms with van der Waals surface area (Å²) < 4.78 is 0. The minimum absolute atomic E-state index is 0.229. The van der Waals surface area contributed by atoms with Gasteiger partial charge in [0.1, 0.15) is 18.1 Å². The molecule has 28 heavy (non-hydrogen) atoms. The molecule has 0 fully saturated rings. The number of carbonyl (C=O) groups excluding carboxylic acids is 3. The number of aliphatic carboxylic acids is 1. The van der Waals surface area contributed by atoms with E-state index in [1.165, 1.54) is 6.92 Å². The summed E-state index contributed by atoms with van der Waals surface area (Å²) in [5.74, 6) is -3.01. The van der Waals surface area contributed by atoms with Crippen LogP contribution in [0.4, 0.5) is 0 Å². The van der Waals surface area contributed by atoms with E-state index in [-0.39, 0.29) is 17.8 Å².